The molecule has 3 N–H and O–H groups in total. The van der Waals surface area contributed by atoms with Crippen molar-refractivity contribution in [2.45, 2.75) is 44.6 Å². The molecule has 1 aromatic rings. The van der Waals surface area contributed by atoms with Crippen molar-refractivity contribution in [1.29, 1.82) is 0 Å². The monoisotopic (exact) mass is 219 g/mol. The van der Waals surface area contributed by atoms with E-state index in [0.717, 1.165) is 30.7 Å². The summed E-state index contributed by atoms with van der Waals surface area (Å²) in [6.45, 7) is 2.30. The predicted octanol–water partition coefficient (Wildman–Crippen LogP) is 2.84. The fourth-order valence-corrected chi connectivity index (χ4v) is 2.59. The molecule has 0 aromatic heterocycles. The Balaban J connectivity index is 2.03. The quantitative estimate of drug-likeness (QED) is 0.803. The Morgan fingerprint density at radius 3 is 2.69 bits per heavy atom. The maximum atomic E-state index is 9.43. The Morgan fingerprint density at radius 1 is 1.38 bits per heavy atom. The Hall–Kier alpha value is -1.02. The van der Waals surface area contributed by atoms with Crippen LogP contribution in [0.5, 0.6) is 5.75 Å². The van der Waals surface area contributed by atoms with E-state index in [4.69, 9.17) is 5.73 Å². The van der Waals surface area contributed by atoms with Gasteiger partial charge < -0.3 is 10.8 Å². The smallest absolute Gasteiger partial charge is 0.115 e. The van der Waals surface area contributed by atoms with Crippen molar-refractivity contribution in [3.05, 3.63) is 29.8 Å². The zero-order chi connectivity index (χ0) is 11.6. The lowest BCUT2D eigenvalue weighted by atomic mass is 9.75. The molecule has 0 aliphatic heterocycles. The van der Waals surface area contributed by atoms with Crippen molar-refractivity contribution < 1.29 is 5.11 Å². The number of benzene rings is 1. The van der Waals surface area contributed by atoms with Gasteiger partial charge in [0, 0.05) is 5.54 Å². The molecule has 1 saturated carbocycles. The highest BCUT2D eigenvalue weighted by atomic mass is 16.3. The summed E-state index contributed by atoms with van der Waals surface area (Å²) in [5.74, 6) is 1.16. The normalized spacial score (nSPS) is 30.2. The second-order valence-electron chi connectivity index (χ2n) is 5.39. The number of hydrogen-bond acceptors (Lipinski definition) is 2. The van der Waals surface area contributed by atoms with Gasteiger partial charge in [-0.1, -0.05) is 19.1 Å². The van der Waals surface area contributed by atoms with Crippen molar-refractivity contribution in [1.82, 2.24) is 0 Å². The van der Waals surface area contributed by atoms with Crippen LogP contribution in [0.25, 0.3) is 0 Å². The zero-order valence-electron chi connectivity index (χ0n) is 9.95. The van der Waals surface area contributed by atoms with Crippen LogP contribution in [0, 0.1) is 5.92 Å². The molecule has 1 aliphatic rings. The van der Waals surface area contributed by atoms with E-state index < -0.39 is 0 Å². The van der Waals surface area contributed by atoms with Crippen molar-refractivity contribution in [3.8, 4) is 5.75 Å². The first-order valence-electron chi connectivity index (χ1n) is 6.14. The van der Waals surface area contributed by atoms with Gasteiger partial charge in [0.15, 0.2) is 0 Å². The van der Waals surface area contributed by atoms with Crippen LogP contribution in [0.1, 0.15) is 38.2 Å². The van der Waals surface area contributed by atoms with Crippen molar-refractivity contribution in [2.24, 2.45) is 11.7 Å². The summed E-state index contributed by atoms with van der Waals surface area (Å²) in [7, 11) is 0. The maximum Gasteiger partial charge on any atom is 0.115 e. The third-order valence-electron chi connectivity index (χ3n) is 3.74. The summed E-state index contributed by atoms with van der Waals surface area (Å²) in [4.78, 5) is 0. The van der Waals surface area contributed by atoms with E-state index in [0.29, 0.717) is 5.75 Å². The molecule has 1 aliphatic carbocycles. The van der Waals surface area contributed by atoms with Gasteiger partial charge in [-0.25, -0.2) is 0 Å². The molecule has 0 saturated heterocycles. The van der Waals surface area contributed by atoms with E-state index in [-0.39, 0.29) is 5.54 Å². The minimum absolute atomic E-state index is 0.0553. The maximum absolute atomic E-state index is 9.43. The van der Waals surface area contributed by atoms with Crippen LogP contribution in [0.4, 0.5) is 0 Å². The number of hydrogen-bond donors (Lipinski definition) is 2. The molecule has 2 rings (SSSR count). The molecule has 0 unspecified atom stereocenters. The van der Waals surface area contributed by atoms with Crippen LogP contribution in [-0.4, -0.2) is 10.6 Å². The molecule has 0 atom stereocenters. The first kappa shape index (κ1) is 11.5. The van der Waals surface area contributed by atoms with Gasteiger partial charge in [0.25, 0.3) is 0 Å². The van der Waals surface area contributed by atoms with Crippen molar-refractivity contribution >= 4 is 0 Å². The van der Waals surface area contributed by atoms with E-state index in [1.807, 2.05) is 18.2 Å². The fraction of sp³-hybridized carbons (Fsp3) is 0.571. The summed E-state index contributed by atoms with van der Waals surface area (Å²) in [5.41, 5.74) is 7.52. The summed E-state index contributed by atoms with van der Waals surface area (Å²) >= 11 is 0. The van der Waals surface area contributed by atoms with E-state index in [1.54, 1.807) is 6.07 Å². The zero-order valence-corrected chi connectivity index (χ0v) is 9.95. The van der Waals surface area contributed by atoms with Gasteiger partial charge >= 0.3 is 0 Å². The van der Waals surface area contributed by atoms with Crippen LogP contribution >= 0.6 is 0 Å². The average Bonchev–Trinajstić information content (AvgIpc) is 2.23. The lowest BCUT2D eigenvalue weighted by molar-refractivity contribution is 0.243. The van der Waals surface area contributed by atoms with Crippen molar-refractivity contribution in [3.63, 3.8) is 0 Å². The standard InChI is InChI=1S/C14H21NO/c1-11-5-7-14(15,8-6-11)10-12-3-2-4-13(16)9-12/h2-4,9,11,16H,5-8,10,15H2,1H3. The molecule has 1 fully saturated rings. The Labute approximate surface area is 97.5 Å². The fourth-order valence-electron chi connectivity index (χ4n) is 2.59. The second-order valence-corrected chi connectivity index (χ2v) is 5.39. The molecule has 2 nitrogen and oxygen atoms in total. The minimum Gasteiger partial charge on any atom is -0.508 e. The van der Waals surface area contributed by atoms with Gasteiger partial charge in [0.05, 0.1) is 0 Å². The Morgan fingerprint density at radius 2 is 2.06 bits per heavy atom. The van der Waals surface area contributed by atoms with E-state index in [9.17, 15) is 5.11 Å². The lowest BCUT2D eigenvalue weighted by Gasteiger charge is -2.36. The summed E-state index contributed by atoms with van der Waals surface area (Å²) in [6, 6.07) is 7.47. The number of aromatic hydroxyl groups is 1. The van der Waals surface area contributed by atoms with Gasteiger partial charge in [-0.05, 0) is 55.7 Å². The molecular weight excluding hydrogens is 198 g/mol. The van der Waals surface area contributed by atoms with Gasteiger partial charge in [-0.15, -0.1) is 0 Å². The highest BCUT2D eigenvalue weighted by Crippen LogP contribution is 2.32. The molecule has 0 heterocycles. The van der Waals surface area contributed by atoms with Crippen LogP contribution in [0.2, 0.25) is 0 Å². The molecule has 16 heavy (non-hydrogen) atoms. The molecule has 88 valence electrons. The van der Waals surface area contributed by atoms with E-state index in [1.165, 1.54) is 12.8 Å². The third-order valence-corrected chi connectivity index (χ3v) is 3.74. The second kappa shape index (κ2) is 4.46. The molecular formula is C14H21NO. The molecule has 2 heteroatoms. The van der Waals surface area contributed by atoms with Gasteiger partial charge in [0.1, 0.15) is 5.75 Å². The highest BCUT2D eigenvalue weighted by molar-refractivity contribution is 5.28. The van der Waals surface area contributed by atoms with Gasteiger partial charge in [0.2, 0.25) is 0 Å². The van der Waals surface area contributed by atoms with Crippen LogP contribution in [0.3, 0.4) is 0 Å². The third kappa shape index (κ3) is 2.76. The van der Waals surface area contributed by atoms with E-state index in [2.05, 4.69) is 6.92 Å². The first-order chi connectivity index (χ1) is 7.57. The average molecular weight is 219 g/mol. The van der Waals surface area contributed by atoms with Gasteiger partial charge in [-0.2, -0.15) is 0 Å². The largest absolute Gasteiger partial charge is 0.508 e. The van der Waals surface area contributed by atoms with Crippen LogP contribution in [-0.2, 0) is 6.42 Å². The molecule has 0 spiro atoms. The number of phenols is 1. The first-order valence-corrected chi connectivity index (χ1v) is 6.14. The lowest BCUT2D eigenvalue weighted by Crippen LogP contribution is -2.45. The van der Waals surface area contributed by atoms with Crippen molar-refractivity contribution in [2.75, 3.05) is 0 Å². The summed E-state index contributed by atoms with van der Waals surface area (Å²) in [6.07, 6.45) is 5.55. The van der Waals surface area contributed by atoms with Crippen LogP contribution < -0.4 is 5.73 Å². The van der Waals surface area contributed by atoms with E-state index >= 15 is 0 Å². The van der Waals surface area contributed by atoms with Crippen LogP contribution in [0.15, 0.2) is 24.3 Å². The minimum atomic E-state index is -0.0553. The summed E-state index contributed by atoms with van der Waals surface area (Å²) < 4.78 is 0. The molecule has 0 radical (unpaired) electrons. The number of phenolic OH excluding ortho intramolecular Hbond substituents is 1. The predicted molar refractivity (Wildman–Crippen MR) is 66.4 cm³/mol. The molecule has 1 aromatic carbocycles. The Kier molecular flexibility index (Phi) is 3.20. The SMILES string of the molecule is CC1CCC(N)(Cc2cccc(O)c2)CC1. The summed E-state index contributed by atoms with van der Waals surface area (Å²) in [5, 5.41) is 9.43. The topological polar surface area (TPSA) is 46.2 Å². The Bertz CT molecular complexity index is 354. The number of nitrogens with two attached hydrogens (primary N) is 1. The highest BCUT2D eigenvalue weighted by Gasteiger charge is 2.30. The molecule has 0 amide bonds. The van der Waals surface area contributed by atoms with Gasteiger partial charge in [-0.3, -0.25) is 0 Å². The number of rotatable bonds is 2. The molecule has 0 bridgehead atoms.